The quantitative estimate of drug-likeness (QED) is 0.447. The van der Waals surface area contributed by atoms with Crippen LogP contribution in [0.25, 0.3) is 21.6 Å². The van der Waals surface area contributed by atoms with Gasteiger partial charge in [0.15, 0.2) is 16.7 Å². The van der Waals surface area contributed by atoms with Crippen LogP contribution >= 0.6 is 23.1 Å². The molecule has 0 saturated carbocycles. The zero-order valence-electron chi connectivity index (χ0n) is 15.3. The van der Waals surface area contributed by atoms with Crippen LogP contribution in [-0.2, 0) is 5.75 Å². The van der Waals surface area contributed by atoms with E-state index in [0.29, 0.717) is 11.5 Å². The van der Waals surface area contributed by atoms with E-state index in [2.05, 4.69) is 34.4 Å². The number of imidazole rings is 1. The Morgan fingerprint density at radius 2 is 1.89 bits per heavy atom. The normalized spacial score (nSPS) is 11.1. The third kappa shape index (κ3) is 3.79. The average Bonchev–Trinajstić information content (AvgIpc) is 3.32. The van der Waals surface area contributed by atoms with E-state index in [9.17, 15) is 0 Å². The molecule has 7 heteroatoms. The second-order valence-corrected chi connectivity index (χ2v) is 7.89. The molecule has 5 nitrogen and oxygen atoms in total. The molecule has 0 aliphatic rings. The Balaban J connectivity index is 1.49. The zero-order valence-corrected chi connectivity index (χ0v) is 16.9. The van der Waals surface area contributed by atoms with Gasteiger partial charge in [-0.1, -0.05) is 17.8 Å². The maximum absolute atomic E-state index is 5.38. The lowest BCUT2D eigenvalue weighted by molar-refractivity contribution is 0.355. The van der Waals surface area contributed by atoms with Crippen molar-refractivity contribution in [3.05, 3.63) is 53.0 Å². The van der Waals surface area contributed by atoms with E-state index in [4.69, 9.17) is 14.5 Å². The highest BCUT2D eigenvalue weighted by Gasteiger charge is 2.11. The van der Waals surface area contributed by atoms with Gasteiger partial charge in [0, 0.05) is 16.7 Å². The highest BCUT2D eigenvalue weighted by atomic mass is 32.2. The molecule has 0 spiro atoms. The number of hydrogen-bond acceptors (Lipinski definition) is 6. The maximum atomic E-state index is 5.38. The number of aromatic nitrogens is 3. The van der Waals surface area contributed by atoms with Crippen LogP contribution in [0.4, 0.5) is 0 Å². The Morgan fingerprint density at radius 3 is 2.70 bits per heavy atom. The van der Waals surface area contributed by atoms with Crippen LogP contribution in [0.15, 0.2) is 46.9 Å². The molecular weight excluding hydrogens is 378 g/mol. The van der Waals surface area contributed by atoms with Gasteiger partial charge in [-0.05, 0) is 42.8 Å². The summed E-state index contributed by atoms with van der Waals surface area (Å²) in [6, 6.07) is 12.1. The number of nitrogens with zero attached hydrogens (tertiary/aromatic N) is 2. The fraction of sp³-hybridized carbons (Fsp3) is 0.200. The summed E-state index contributed by atoms with van der Waals surface area (Å²) in [5.74, 6) is 2.19. The fourth-order valence-electron chi connectivity index (χ4n) is 2.79. The van der Waals surface area contributed by atoms with E-state index in [1.54, 1.807) is 37.3 Å². The first-order valence-corrected chi connectivity index (χ1v) is 10.3. The molecule has 138 valence electrons. The van der Waals surface area contributed by atoms with Crippen molar-refractivity contribution in [2.45, 2.75) is 17.8 Å². The summed E-state index contributed by atoms with van der Waals surface area (Å²) < 4.78 is 10.7. The Bertz CT molecular complexity index is 1090. The SMILES string of the molecule is COc1ccc(-c2nc(CSc3nc4ccc(C)cc4[nH]3)cs2)cc1OC. The molecule has 1 N–H and O–H groups in total. The molecule has 2 heterocycles. The van der Waals surface area contributed by atoms with Crippen molar-refractivity contribution in [1.29, 1.82) is 0 Å². The number of thioether (sulfide) groups is 1. The molecule has 4 aromatic rings. The van der Waals surface area contributed by atoms with Gasteiger partial charge in [-0.25, -0.2) is 9.97 Å². The predicted molar refractivity (Wildman–Crippen MR) is 111 cm³/mol. The van der Waals surface area contributed by atoms with Crippen molar-refractivity contribution in [2.24, 2.45) is 0 Å². The van der Waals surface area contributed by atoms with Crippen molar-refractivity contribution < 1.29 is 9.47 Å². The lowest BCUT2D eigenvalue weighted by Gasteiger charge is -2.08. The topological polar surface area (TPSA) is 60.0 Å². The van der Waals surface area contributed by atoms with Gasteiger partial charge in [0.2, 0.25) is 0 Å². The van der Waals surface area contributed by atoms with Crippen LogP contribution in [0.2, 0.25) is 0 Å². The largest absolute Gasteiger partial charge is 0.493 e. The first kappa shape index (κ1) is 17.9. The van der Waals surface area contributed by atoms with E-state index in [1.807, 2.05) is 24.3 Å². The Kier molecular flexibility index (Phi) is 5.05. The molecule has 27 heavy (non-hydrogen) atoms. The number of fused-ring (bicyclic) bond motifs is 1. The first-order chi connectivity index (χ1) is 13.2. The van der Waals surface area contributed by atoms with Gasteiger partial charge in [-0.2, -0.15) is 0 Å². The number of thiazole rings is 1. The number of rotatable bonds is 6. The van der Waals surface area contributed by atoms with Crippen LogP contribution in [0.5, 0.6) is 11.5 Å². The van der Waals surface area contributed by atoms with Crippen LogP contribution in [-0.4, -0.2) is 29.2 Å². The summed E-state index contributed by atoms with van der Waals surface area (Å²) in [5, 5.41) is 3.97. The van der Waals surface area contributed by atoms with Crippen molar-refractivity contribution in [1.82, 2.24) is 15.0 Å². The monoisotopic (exact) mass is 397 g/mol. The molecule has 0 bridgehead atoms. The number of nitrogens with one attached hydrogen (secondary N) is 1. The molecule has 0 aliphatic carbocycles. The van der Waals surface area contributed by atoms with Crippen LogP contribution in [0.3, 0.4) is 0 Å². The lowest BCUT2D eigenvalue weighted by Crippen LogP contribution is -1.90. The third-order valence-electron chi connectivity index (χ3n) is 4.15. The summed E-state index contributed by atoms with van der Waals surface area (Å²) in [5.41, 5.74) is 5.34. The van der Waals surface area contributed by atoms with Gasteiger partial charge in [-0.3, -0.25) is 0 Å². The number of H-pyrrole nitrogens is 1. The van der Waals surface area contributed by atoms with Crippen molar-refractivity contribution >= 4 is 34.1 Å². The molecule has 2 aromatic carbocycles. The molecule has 2 aromatic heterocycles. The minimum Gasteiger partial charge on any atom is -0.493 e. The Labute approximate surface area is 165 Å². The number of benzene rings is 2. The summed E-state index contributed by atoms with van der Waals surface area (Å²) in [6.45, 7) is 2.08. The van der Waals surface area contributed by atoms with Crippen molar-refractivity contribution in [3.63, 3.8) is 0 Å². The third-order valence-corrected chi connectivity index (χ3v) is 6.00. The van der Waals surface area contributed by atoms with E-state index in [0.717, 1.165) is 38.2 Å². The minimum absolute atomic E-state index is 0.707. The Morgan fingerprint density at radius 1 is 1.04 bits per heavy atom. The van der Waals surface area contributed by atoms with Gasteiger partial charge in [0.1, 0.15) is 5.01 Å². The van der Waals surface area contributed by atoms with Gasteiger partial charge in [0.05, 0.1) is 30.9 Å². The highest BCUT2D eigenvalue weighted by molar-refractivity contribution is 7.98. The van der Waals surface area contributed by atoms with E-state index < -0.39 is 0 Å². The number of aryl methyl sites for hydroxylation is 1. The maximum Gasteiger partial charge on any atom is 0.166 e. The molecule has 0 aliphatic heterocycles. The number of aromatic amines is 1. The lowest BCUT2D eigenvalue weighted by atomic mass is 10.2. The molecule has 0 amide bonds. The highest BCUT2D eigenvalue weighted by Crippen LogP contribution is 2.34. The van der Waals surface area contributed by atoms with Crippen LogP contribution in [0, 0.1) is 6.92 Å². The Hall–Kier alpha value is -2.51. The van der Waals surface area contributed by atoms with Gasteiger partial charge < -0.3 is 14.5 Å². The smallest absolute Gasteiger partial charge is 0.166 e. The molecule has 0 atom stereocenters. The summed E-state index contributed by atoms with van der Waals surface area (Å²) in [6.07, 6.45) is 0. The summed E-state index contributed by atoms with van der Waals surface area (Å²) in [7, 11) is 3.27. The van der Waals surface area contributed by atoms with E-state index in [1.165, 1.54) is 5.56 Å². The molecule has 4 rings (SSSR count). The van der Waals surface area contributed by atoms with Gasteiger partial charge in [-0.15, -0.1) is 11.3 Å². The number of methoxy groups -OCH3 is 2. The fourth-order valence-corrected chi connectivity index (χ4v) is 4.49. The minimum atomic E-state index is 0.707. The molecular formula is C20H19N3O2S2. The average molecular weight is 398 g/mol. The molecule has 0 fully saturated rings. The summed E-state index contributed by atoms with van der Waals surface area (Å²) >= 11 is 3.29. The zero-order chi connectivity index (χ0) is 18.8. The first-order valence-electron chi connectivity index (χ1n) is 8.42. The standard InChI is InChI=1S/C20H19N3O2S2/c1-12-4-6-15-16(8-12)23-20(22-15)27-11-14-10-26-19(21-14)13-5-7-17(24-2)18(9-13)25-3/h4-10H,11H2,1-3H3,(H,22,23). The molecule has 0 radical (unpaired) electrons. The van der Waals surface area contributed by atoms with Gasteiger partial charge >= 0.3 is 0 Å². The van der Waals surface area contributed by atoms with Gasteiger partial charge in [0.25, 0.3) is 0 Å². The second-order valence-electron chi connectivity index (χ2n) is 6.06. The van der Waals surface area contributed by atoms with Crippen LogP contribution < -0.4 is 9.47 Å². The summed E-state index contributed by atoms with van der Waals surface area (Å²) in [4.78, 5) is 12.8. The molecule has 0 unspecified atom stereocenters. The number of hydrogen-bond donors (Lipinski definition) is 1. The van der Waals surface area contributed by atoms with E-state index >= 15 is 0 Å². The van der Waals surface area contributed by atoms with Crippen molar-refractivity contribution in [2.75, 3.05) is 14.2 Å². The predicted octanol–water partition coefficient (Wildman–Crippen LogP) is 5.30. The second kappa shape index (κ2) is 7.62. The van der Waals surface area contributed by atoms with Crippen LogP contribution in [0.1, 0.15) is 11.3 Å². The number of ether oxygens (including phenoxy) is 2. The van der Waals surface area contributed by atoms with E-state index in [-0.39, 0.29) is 0 Å². The molecule has 0 saturated heterocycles. The van der Waals surface area contributed by atoms with Crippen molar-refractivity contribution in [3.8, 4) is 22.1 Å².